The van der Waals surface area contributed by atoms with Gasteiger partial charge in [-0.05, 0) is 49.5 Å². The summed E-state index contributed by atoms with van der Waals surface area (Å²) in [5.41, 5.74) is 1.78. The van der Waals surface area contributed by atoms with Crippen molar-refractivity contribution in [1.29, 1.82) is 0 Å². The highest BCUT2D eigenvalue weighted by molar-refractivity contribution is 5.91. The Bertz CT molecular complexity index is 652. The van der Waals surface area contributed by atoms with E-state index in [9.17, 15) is 4.79 Å². The molecule has 0 aliphatic heterocycles. The lowest BCUT2D eigenvalue weighted by Gasteiger charge is -2.25. The number of hydrogen-bond donors (Lipinski definition) is 0. The molecule has 0 heterocycles. The van der Waals surface area contributed by atoms with Crippen LogP contribution in [0.4, 0.5) is 0 Å². The smallest absolute Gasteiger partial charge is 0.343 e. The van der Waals surface area contributed by atoms with Crippen LogP contribution in [-0.2, 0) is 6.54 Å². The normalized spacial score (nSPS) is 11.1. The fraction of sp³-hybridized carbons (Fsp3) is 0.409. The molecule has 2 rings (SSSR count). The molecule has 0 spiro atoms. The fourth-order valence-electron chi connectivity index (χ4n) is 2.83. The number of likely N-dealkylation sites (N-methyl/N-ethyl adjacent to an activating group) is 2. The zero-order valence-corrected chi connectivity index (χ0v) is 16.1. The van der Waals surface area contributed by atoms with E-state index in [1.54, 1.807) is 12.1 Å². The highest BCUT2D eigenvalue weighted by atomic mass is 16.5. The Morgan fingerprint density at radius 2 is 1.38 bits per heavy atom. The molecule has 140 valence electrons. The van der Waals surface area contributed by atoms with Crippen LogP contribution in [0.2, 0.25) is 0 Å². The average Bonchev–Trinajstić information content (AvgIpc) is 2.69. The minimum absolute atomic E-state index is 0.323. The van der Waals surface area contributed by atoms with Gasteiger partial charge in [-0.25, -0.2) is 4.79 Å². The standard InChI is InChI=1S/C22H30N2O2/c1-4-23(5-2)16-17-24(6-3)18-19-12-14-20(15-13-19)22(25)26-21-10-8-7-9-11-21/h7-15H,4-6,16-18H2,1-3H3. The zero-order valence-electron chi connectivity index (χ0n) is 16.1. The molecule has 2 aromatic rings. The quantitative estimate of drug-likeness (QED) is 0.476. The van der Waals surface area contributed by atoms with E-state index >= 15 is 0 Å². The number of benzene rings is 2. The molecule has 0 aliphatic carbocycles. The van der Waals surface area contributed by atoms with Crippen molar-refractivity contribution in [3.05, 3.63) is 65.7 Å². The third-order valence-corrected chi connectivity index (χ3v) is 4.62. The van der Waals surface area contributed by atoms with Crippen molar-refractivity contribution in [3.8, 4) is 5.75 Å². The summed E-state index contributed by atoms with van der Waals surface area (Å²) in [6.07, 6.45) is 0. The van der Waals surface area contributed by atoms with Crippen molar-refractivity contribution < 1.29 is 9.53 Å². The summed E-state index contributed by atoms with van der Waals surface area (Å²) in [4.78, 5) is 17.1. The van der Waals surface area contributed by atoms with Gasteiger partial charge in [-0.3, -0.25) is 4.90 Å². The van der Waals surface area contributed by atoms with Gasteiger partial charge in [0.05, 0.1) is 5.56 Å². The molecule has 0 N–H and O–H groups in total. The summed E-state index contributed by atoms with van der Waals surface area (Å²) in [5.74, 6) is 0.242. The van der Waals surface area contributed by atoms with Crippen LogP contribution in [0.25, 0.3) is 0 Å². The first kappa shape index (κ1) is 20.1. The molecule has 4 nitrogen and oxygen atoms in total. The molecular formula is C22H30N2O2. The molecule has 0 aliphatic rings. The summed E-state index contributed by atoms with van der Waals surface area (Å²) in [6.45, 7) is 12.8. The Morgan fingerprint density at radius 3 is 1.96 bits per heavy atom. The maximum Gasteiger partial charge on any atom is 0.343 e. The molecule has 0 saturated carbocycles. The van der Waals surface area contributed by atoms with Gasteiger partial charge in [0.2, 0.25) is 0 Å². The van der Waals surface area contributed by atoms with E-state index in [4.69, 9.17) is 4.74 Å². The molecule has 26 heavy (non-hydrogen) atoms. The maximum absolute atomic E-state index is 12.2. The van der Waals surface area contributed by atoms with Gasteiger partial charge in [-0.15, -0.1) is 0 Å². The van der Waals surface area contributed by atoms with Crippen molar-refractivity contribution in [3.63, 3.8) is 0 Å². The molecule has 0 amide bonds. The predicted octanol–water partition coefficient (Wildman–Crippen LogP) is 4.07. The number of hydrogen-bond acceptors (Lipinski definition) is 4. The first-order valence-electron chi connectivity index (χ1n) is 9.47. The van der Waals surface area contributed by atoms with Crippen molar-refractivity contribution >= 4 is 5.97 Å². The number of nitrogens with zero attached hydrogens (tertiary/aromatic N) is 2. The number of carbonyl (C=O) groups excluding carboxylic acids is 1. The predicted molar refractivity (Wildman–Crippen MR) is 107 cm³/mol. The minimum Gasteiger partial charge on any atom is -0.423 e. The summed E-state index contributed by atoms with van der Waals surface area (Å²) < 4.78 is 5.38. The SMILES string of the molecule is CCN(CC)CCN(CC)Cc1ccc(C(=O)Oc2ccccc2)cc1. The molecule has 0 unspecified atom stereocenters. The zero-order chi connectivity index (χ0) is 18.8. The van der Waals surface area contributed by atoms with Crippen molar-refractivity contribution in [2.75, 3.05) is 32.7 Å². The van der Waals surface area contributed by atoms with E-state index in [0.29, 0.717) is 11.3 Å². The number of ether oxygens (including phenoxy) is 1. The topological polar surface area (TPSA) is 32.8 Å². The van der Waals surface area contributed by atoms with Gasteiger partial charge < -0.3 is 9.64 Å². The molecule has 2 aromatic carbocycles. The molecule has 0 fully saturated rings. The third kappa shape index (κ3) is 6.28. The van der Waals surface area contributed by atoms with Crippen LogP contribution in [-0.4, -0.2) is 48.5 Å². The largest absolute Gasteiger partial charge is 0.423 e. The van der Waals surface area contributed by atoms with Crippen LogP contribution >= 0.6 is 0 Å². The van der Waals surface area contributed by atoms with E-state index in [1.807, 2.05) is 42.5 Å². The van der Waals surface area contributed by atoms with E-state index in [2.05, 4.69) is 30.6 Å². The first-order chi connectivity index (χ1) is 12.7. The van der Waals surface area contributed by atoms with Crippen LogP contribution < -0.4 is 4.74 Å². The molecule has 0 aromatic heterocycles. The lowest BCUT2D eigenvalue weighted by atomic mass is 10.1. The maximum atomic E-state index is 12.2. The third-order valence-electron chi connectivity index (χ3n) is 4.62. The molecule has 4 heteroatoms. The molecule has 0 atom stereocenters. The number of carbonyl (C=O) groups is 1. The summed E-state index contributed by atoms with van der Waals surface area (Å²) in [6, 6.07) is 16.9. The Morgan fingerprint density at radius 1 is 0.808 bits per heavy atom. The second-order valence-corrected chi connectivity index (χ2v) is 6.30. The van der Waals surface area contributed by atoms with Gasteiger partial charge in [-0.2, -0.15) is 0 Å². The molecule has 0 radical (unpaired) electrons. The van der Waals surface area contributed by atoms with Crippen LogP contribution in [0.1, 0.15) is 36.7 Å². The fourth-order valence-corrected chi connectivity index (χ4v) is 2.83. The molecule has 0 saturated heterocycles. The van der Waals surface area contributed by atoms with Crippen LogP contribution in [0, 0.1) is 0 Å². The van der Waals surface area contributed by atoms with Crippen molar-refractivity contribution in [2.24, 2.45) is 0 Å². The highest BCUT2D eigenvalue weighted by Gasteiger charge is 2.10. The lowest BCUT2D eigenvalue weighted by molar-refractivity contribution is 0.0734. The second kappa shape index (κ2) is 10.7. The van der Waals surface area contributed by atoms with Gasteiger partial charge in [0.15, 0.2) is 0 Å². The Balaban J connectivity index is 1.90. The van der Waals surface area contributed by atoms with Crippen molar-refractivity contribution in [2.45, 2.75) is 27.3 Å². The van der Waals surface area contributed by atoms with Gasteiger partial charge in [0.25, 0.3) is 0 Å². The summed E-state index contributed by atoms with van der Waals surface area (Å²) in [5, 5.41) is 0. The van der Waals surface area contributed by atoms with E-state index in [1.165, 1.54) is 5.56 Å². The summed E-state index contributed by atoms with van der Waals surface area (Å²) in [7, 11) is 0. The van der Waals surface area contributed by atoms with E-state index in [0.717, 1.165) is 39.3 Å². The van der Waals surface area contributed by atoms with Crippen LogP contribution in [0.15, 0.2) is 54.6 Å². The Labute approximate surface area is 157 Å². The monoisotopic (exact) mass is 354 g/mol. The van der Waals surface area contributed by atoms with E-state index in [-0.39, 0.29) is 5.97 Å². The summed E-state index contributed by atoms with van der Waals surface area (Å²) >= 11 is 0. The minimum atomic E-state index is -0.323. The first-order valence-corrected chi connectivity index (χ1v) is 9.47. The average molecular weight is 354 g/mol. The lowest BCUT2D eigenvalue weighted by Crippen LogP contribution is -2.34. The second-order valence-electron chi connectivity index (χ2n) is 6.30. The van der Waals surface area contributed by atoms with Gasteiger partial charge in [0.1, 0.15) is 5.75 Å². The van der Waals surface area contributed by atoms with E-state index < -0.39 is 0 Å². The molecular weight excluding hydrogens is 324 g/mol. The van der Waals surface area contributed by atoms with Gasteiger partial charge >= 0.3 is 5.97 Å². The van der Waals surface area contributed by atoms with Crippen LogP contribution in [0.3, 0.4) is 0 Å². The van der Waals surface area contributed by atoms with Crippen molar-refractivity contribution in [1.82, 2.24) is 9.80 Å². The Kier molecular flexibility index (Phi) is 8.32. The van der Waals surface area contributed by atoms with Crippen LogP contribution in [0.5, 0.6) is 5.75 Å². The van der Waals surface area contributed by atoms with Gasteiger partial charge in [-0.1, -0.05) is 51.1 Å². The molecule has 0 bridgehead atoms. The number of esters is 1. The Hall–Kier alpha value is -2.17. The number of para-hydroxylation sites is 1. The number of rotatable bonds is 10. The highest BCUT2D eigenvalue weighted by Crippen LogP contribution is 2.13. The van der Waals surface area contributed by atoms with Gasteiger partial charge in [0, 0.05) is 19.6 Å².